The second-order valence-electron chi connectivity index (χ2n) is 6.21. The van der Waals surface area contributed by atoms with E-state index in [0.29, 0.717) is 16.7 Å². The van der Waals surface area contributed by atoms with Gasteiger partial charge < -0.3 is 5.11 Å². The summed E-state index contributed by atoms with van der Waals surface area (Å²) in [4.78, 5) is 0. The van der Waals surface area contributed by atoms with E-state index in [9.17, 15) is 5.11 Å². The number of aliphatic hydroxyl groups excluding tert-OH is 1. The molecular formula is C22H18ClN3OS. The van der Waals surface area contributed by atoms with Gasteiger partial charge in [0, 0.05) is 16.5 Å². The Labute approximate surface area is 172 Å². The Morgan fingerprint density at radius 2 is 1.50 bits per heavy atom. The number of para-hydroxylation sites is 1. The van der Waals surface area contributed by atoms with E-state index in [2.05, 4.69) is 10.2 Å². The highest BCUT2D eigenvalue weighted by molar-refractivity contribution is 7.98. The molecule has 4 nitrogen and oxygen atoms in total. The van der Waals surface area contributed by atoms with Crippen molar-refractivity contribution in [2.45, 2.75) is 17.0 Å². The second-order valence-corrected chi connectivity index (χ2v) is 7.55. The Morgan fingerprint density at radius 3 is 2.21 bits per heavy atom. The molecule has 0 fully saturated rings. The van der Waals surface area contributed by atoms with Crippen LogP contribution in [0.25, 0.3) is 5.69 Å². The third-order valence-corrected chi connectivity index (χ3v) is 5.69. The molecule has 140 valence electrons. The molecule has 1 N–H and O–H groups in total. The Kier molecular flexibility index (Phi) is 5.76. The first kappa shape index (κ1) is 18.7. The first-order valence-electron chi connectivity index (χ1n) is 8.84. The van der Waals surface area contributed by atoms with Gasteiger partial charge in [-0.2, -0.15) is 0 Å². The van der Waals surface area contributed by atoms with Gasteiger partial charge in [-0.05, 0) is 29.3 Å². The minimum Gasteiger partial charge on any atom is -0.380 e. The SMILES string of the molecule is O[C@H](c1ccccc1)c1nnc(SCc2ccccc2Cl)n1-c1ccccc1. The van der Waals surface area contributed by atoms with Gasteiger partial charge in [0.1, 0.15) is 6.10 Å². The molecule has 1 heterocycles. The van der Waals surface area contributed by atoms with E-state index in [1.54, 1.807) is 0 Å². The maximum Gasteiger partial charge on any atom is 0.196 e. The first-order valence-corrected chi connectivity index (χ1v) is 10.2. The lowest BCUT2D eigenvalue weighted by atomic mass is 10.1. The van der Waals surface area contributed by atoms with Crippen LogP contribution in [0, 0.1) is 0 Å². The molecule has 1 atom stereocenters. The third-order valence-electron chi connectivity index (χ3n) is 4.35. The minimum atomic E-state index is -0.872. The maximum atomic E-state index is 10.9. The number of benzene rings is 3. The van der Waals surface area contributed by atoms with E-state index in [4.69, 9.17) is 11.6 Å². The Morgan fingerprint density at radius 1 is 0.857 bits per heavy atom. The zero-order valence-electron chi connectivity index (χ0n) is 14.9. The summed E-state index contributed by atoms with van der Waals surface area (Å²) in [6.07, 6.45) is -0.872. The van der Waals surface area contributed by atoms with E-state index in [1.807, 2.05) is 89.5 Å². The van der Waals surface area contributed by atoms with Gasteiger partial charge in [0.2, 0.25) is 0 Å². The Balaban J connectivity index is 1.71. The predicted octanol–water partition coefficient (Wildman–Crippen LogP) is 5.29. The molecule has 1 aromatic heterocycles. The molecular weight excluding hydrogens is 390 g/mol. The molecule has 0 saturated carbocycles. The number of rotatable bonds is 6. The standard InChI is InChI=1S/C22H18ClN3OS/c23-19-14-8-7-11-17(19)15-28-22-25-24-21(20(27)16-9-3-1-4-10-16)26(22)18-12-5-2-6-13-18/h1-14,20,27H,15H2/t20-/m1/s1. The van der Waals surface area contributed by atoms with Crippen molar-refractivity contribution in [1.82, 2.24) is 14.8 Å². The lowest BCUT2D eigenvalue weighted by molar-refractivity contribution is 0.207. The van der Waals surface area contributed by atoms with Gasteiger partial charge in [-0.15, -0.1) is 10.2 Å². The summed E-state index contributed by atoms with van der Waals surface area (Å²) in [7, 11) is 0. The van der Waals surface area contributed by atoms with Crippen LogP contribution < -0.4 is 0 Å². The largest absolute Gasteiger partial charge is 0.380 e. The van der Waals surface area contributed by atoms with E-state index in [0.717, 1.165) is 21.8 Å². The van der Waals surface area contributed by atoms with Gasteiger partial charge in [-0.1, -0.05) is 90.1 Å². The quantitative estimate of drug-likeness (QED) is 0.441. The molecule has 0 saturated heterocycles. The fourth-order valence-corrected chi connectivity index (χ4v) is 4.16. The minimum absolute atomic E-state index is 0.485. The number of aromatic nitrogens is 3. The van der Waals surface area contributed by atoms with Crippen LogP contribution >= 0.6 is 23.4 Å². The molecule has 0 aliphatic rings. The second kappa shape index (κ2) is 8.61. The lowest BCUT2D eigenvalue weighted by Crippen LogP contribution is -2.09. The summed E-state index contributed by atoms with van der Waals surface area (Å²) in [6.45, 7) is 0. The highest BCUT2D eigenvalue weighted by atomic mass is 35.5. The molecule has 0 unspecified atom stereocenters. The van der Waals surface area contributed by atoms with Crippen molar-refractivity contribution in [3.05, 3.63) is 107 Å². The molecule has 0 aliphatic heterocycles. The van der Waals surface area contributed by atoms with E-state index < -0.39 is 6.10 Å². The highest BCUT2D eigenvalue weighted by Crippen LogP contribution is 2.31. The van der Waals surface area contributed by atoms with Crippen molar-refractivity contribution in [2.75, 3.05) is 0 Å². The van der Waals surface area contributed by atoms with Crippen LogP contribution in [0.15, 0.2) is 90.1 Å². The zero-order valence-corrected chi connectivity index (χ0v) is 16.5. The zero-order chi connectivity index (χ0) is 19.3. The average molecular weight is 408 g/mol. The third kappa shape index (κ3) is 3.97. The summed E-state index contributed by atoms with van der Waals surface area (Å²) in [5, 5.41) is 21.0. The summed E-state index contributed by atoms with van der Waals surface area (Å²) in [6, 6.07) is 27.1. The molecule has 3 aromatic carbocycles. The summed E-state index contributed by atoms with van der Waals surface area (Å²) in [5.41, 5.74) is 2.70. The summed E-state index contributed by atoms with van der Waals surface area (Å²) < 4.78 is 1.90. The number of hydrogen-bond acceptors (Lipinski definition) is 4. The molecule has 4 rings (SSSR count). The summed E-state index contributed by atoms with van der Waals surface area (Å²) >= 11 is 7.82. The van der Waals surface area contributed by atoms with E-state index in [-0.39, 0.29) is 0 Å². The number of hydrogen-bond donors (Lipinski definition) is 1. The fourth-order valence-electron chi connectivity index (χ4n) is 2.91. The Hall–Kier alpha value is -2.60. The van der Waals surface area contributed by atoms with Crippen molar-refractivity contribution in [3.63, 3.8) is 0 Å². The molecule has 6 heteroatoms. The molecule has 0 aliphatic carbocycles. The number of thioether (sulfide) groups is 1. The van der Waals surface area contributed by atoms with Crippen molar-refractivity contribution in [1.29, 1.82) is 0 Å². The highest BCUT2D eigenvalue weighted by Gasteiger charge is 2.22. The van der Waals surface area contributed by atoms with Gasteiger partial charge in [0.15, 0.2) is 11.0 Å². The summed E-state index contributed by atoms with van der Waals surface area (Å²) in [5.74, 6) is 1.14. The van der Waals surface area contributed by atoms with Crippen LogP contribution in [0.1, 0.15) is 23.1 Å². The number of halogens is 1. The van der Waals surface area contributed by atoms with Crippen molar-refractivity contribution in [3.8, 4) is 5.69 Å². The number of nitrogens with zero attached hydrogens (tertiary/aromatic N) is 3. The number of aliphatic hydroxyl groups is 1. The van der Waals surface area contributed by atoms with Gasteiger partial charge in [-0.25, -0.2) is 0 Å². The predicted molar refractivity (Wildman–Crippen MR) is 113 cm³/mol. The first-order chi connectivity index (χ1) is 13.7. The van der Waals surface area contributed by atoms with Gasteiger partial charge in [0.05, 0.1) is 0 Å². The fraction of sp³-hybridized carbons (Fsp3) is 0.0909. The van der Waals surface area contributed by atoms with Crippen LogP contribution in [0.5, 0.6) is 0 Å². The molecule has 28 heavy (non-hydrogen) atoms. The van der Waals surface area contributed by atoms with Crippen molar-refractivity contribution in [2.24, 2.45) is 0 Å². The lowest BCUT2D eigenvalue weighted by Gasteiger charge is -2.14. The molecule has 0 amide bonds. The average Bonchev–Trinajstić information content (AvgIpc) is 3.18. The normalized spacial score (nSPS) is 12.1. The van der Waals surface area contributed by atoms with Crippen molar-refractivity contribution < 1.29 is 5.11 Å². The van der Waals surface area contributed by atoms with Gasteiger partial charge >= 0.3 is 0 Å². The van der Waals surface area contributed by atoms with Crippen molar-refractivity contribution >= 4 is 23.4 Å². The maximum absolute atomic E-state index is 10.9. The van der Waals surface area contributed by atoms with Crippen LogP contribution in [-0.4, -0.2) is 19.9 Å². The molecule has 0 spiro atoms. The topological polar surface area (TPSA) is 50.9 Å². The van der Waals surface area contributed by atoms with Crippen LogP contribution in [0.3, 0.4) is 0 Å². The van der Waals surface area contributed by atoms with Gasteiger partial charge in [-0.3, -0.25) is 4.57 Å². The van der Waals surface area contributed by atoms with Gasteiger partial charge in [0.25, 0.3) is 0 Å². The van der Waals surface area contributed by atoms with E-state index in [1.165, 1.54) is 11.8 Å². The Bertz CT molecular complexity index is 1050. The smallest absolute Gasteiger partial charge is 0.196 e. The van der Waals surface area contributed by atoms with Crippen LogP contribution in [-0.2, 0) is 5.75 Å². The molecule has 0 radical (unpaired) electrons. The molecule has 4 aromatic rings. The van der Waals surface area contributed by atoms with E-state index >= 15 is 0 Å². The molecule has 0 bridgehead atoms. The van der Waals surface area contributed by atoms with Crippen LogP contribution in [0.4, 0.5) is 0 Å². The monoisotopic (exact) mass is 407 g/mol. The van der Waals surface area contributed by atoms with Crippen LogP contribution in [0.2, 0.25) is 5.02 Å².